The lowest BCUT2D eigenvalue weighted by Crippen LogP contribution is -2.11. The van der Waals surface area contributed by atoms with Crippen LogP contribution in [-0.4, -0.2) is 6.11 Å². The Hall–Kier alpha value is -0.760. The molecule has 0 aliphatic rings. The summed E-state index contributed by atoms with van der Waals surface area (Å²) in [6, 6.07) is 0.260. The van der Waals surface area contributed by atoms with E-state index in [1.54, 1.807) is 0 Å². The Kier molecular flexibility index (Phi) is 1.60. The van der Waals surface area contributed by atoms with Crippen LogP contribution in [0.3, 0.4) is 0 Å². The highest BCUT2D eigenvalue weighted by Gasteiger charge is 2.30. The Bertz CT molecular complexity index is 95.6. The van der Waals surface area contributed by atoms with E-state index >= 15 is 0 Å². The molecule has 0 rings (SSSR count). The molecule has 0 aliphatic carbocycles. The van der Waals surface area contributed by atoms with E-state index in [9.17, 15) is 13.3 Å². The van der Waals surface area contributed by atoms with Gasteiger partial charge in [0.25, 0.3) is 0 Å². The molecule has 0 atom stereocenters. The van der Waals surface area contributed by atoms with E-state index in [2.05, 4.69) is 0 Å². The van der Waals surface area contributed by atoms with Gasteiger partial charge in [-0.2, -0.15) is 14.0 Å². The molecule has 0 aromatic carbocycles. The minimum Gasteiger partial charge on any atom is -0.189 e. The summed E-state index contributed by atoms with van der Waals surface area (Å²) in [6.45, 7) is 0. The highest BCUT2D eigenvalue weighted by atomic mass is 19.4. The lowest BCUT2D eigenvalue weighted by Gasteiger charge is -1.93. The van der Waals surface area contributed by atoms with Crippen molar-refractivity contribution in [1.82, 2.24) is 0 Å². The number of halogens is 3. The summed E-state index contributed by atoms with van der Waals surface area (Å²) in [5.74, 6) is 0. The Morgan fingerprint density at radius 2 is 2.00 bits per heavy atom. The third-order valence-electron chi connectivity index (χ3n) is 0.227. The molecule has 0 saturated heterocycles. The van der Waals surface area contributed by atoms with Crippen molar-refractivity contribution in [2.24, 2.45) is 0 Å². The van der Waals surface area contributed by atoms with Crippen molar-refractivity contribution in [1.29, 1.82) is 5.26 Å². The molecule has 0 saturated carbocycles. The van der Waals surface area contributed by atoms with Gasteiger partial charge in [0.2, 0.25) is 0 Å². The third-order valence-corrected chi connectivity index (χ3v) is 0.227. The molecule has 5 heteroatoms. The molecule has 0 aliphatic heterocycles. The van der Waals surface area contributed by atoms with E-state index < -0.39 is 6.11 Å². The second-order valence-electron chi connectivity index (χ2n) is 0.706. The van der Waals surface area contributed by atoms with E-state index in [1.165, 1.54) is 0 Å². The second kappa shape index (κ2) is 1.80. The molecule has 0 unspecified atom stereocenters. The summed E-state index contributed by atoms with van der Waals surface area (Å²) in [5.41, 5.74) is 0. The molecule has 7 heavy (non-hydrogen) atoms. The molecule has 0 fully saturated rings. The zero-order valence-electron chi connectivity index (χ0n) is 2.99. The average Bonchev–Trinajstić information content (AvgIpc) is 1.68. The van der Waals surface area contributed by atoms with Crippen LogP contribution < -0.4 is 0 Å². The van der Waals surface area contributed by atoms with E-state index in [4.69, 9.17) is 5.26 Å². The second-order valence-corrected chi connectivity index (χ2v) is 0.706. The van der Waals surface area contributed by atoms with Crippen molar-refractivity contribution >= 4 is 0 Å². The minimum atomic E-state index is -4.28. The molecule has 0 spiro atoms. The van der Waals surface area contributed by atoms with Crippen LogP contribution in [0.2, 0.25) is 0 Å². The molecule has 0 amide bonds. The molecule has 0 heterocycles. The summed E-state index contributed by atoms with van der Waals surface area (Å²) in [6.07, 6.45) is -4.28. The minimum absolute atomic E-state index is 0.260. The van der Waals surface area contributed by atoms with Crippen molar-refractivity contribution in [2.45, 2.75) is 6.11 Å². The maximum absolute atomic E-state index is 10.9. The largest absolute Gasteiger partial charge is 0.478 e. The van der Waals surface area contributed by atoms with Crippen molar-refractivity contribution in [3.05, 3.63) is 0 Å². The Morgan fingerprint density at radius 1 is 1.57 bits per heavy atom. The van der Waals surface area contributed by atoms with Gasteiger partial charge >= 0.3 is 6.11 Å². The fourth-order valence-corrected chi connectivity index (χ4v) is 0.0173. The van der Waals surface area contributed by atoms with Gasteiger partial charge in [0.1, 0.15) is 0 Å². The number of rotatable bonds is 1. The Labute approximate surface area is 37.0 Å². The Balaban J connectivity index is 3.66. The van der Waals surface area contributed by atoms with Crippen LogP contribution in [0.1, 0.15) is 0 Å². The monoisotopic (exact) mass is 111 g/mol. The number of alkyl halides is 2. The predicted octanol–water partition coefficient (Wildman–Crippen LogP) is 1.00. The van der Waals surface area contributed by atoms with E-state index in [-0.39, 0.29) is 6.07 Å². The van der Waals surface area contributed by atoms with Crippen LogP contribution in [0.5, 0.6) is 0 Å². The number of nitrogens with zero attached hydrogens (tertiary/aromatic N) is 1. The van der Waals surface area contributed by atoms with Crippen molar-refractivity contribution < 1.29 is 18.2 Å². The fourth-order valence-electron chi connectivity index (χ4n) is 0.0173. The standard InChI is InChI=1S/C2F3NO/c3-2(4,1-6)7-5. The maximum Gasteiger partial charge on any atom is 0.478 e. The number of nitriles is 1. The summed E-state index contributed by atoms with van der Waals surface area (Å²) < 4.78 is 32.1. The van der Waals surface area contributed by atoms with Gasteiger partial charge in [-0.3, -0.25) is 0 Å². The van der Waals surface area contributed by atoms with Gasteiger partial charge in [-0.25, -0.2) is 0 Å². The first-order valence-electron chi connectivity index (χ1n) is 1.21. The molecule has 0 radical (unpaired) electrons. The molecule has 0 aromatic rings. The molecular weight excluding hydrogens is 111 g/mol. The van der Waals surface area contributed by atoms with Gasteiger partial charge < -0.3 is 0 Å². The molecule has 0 bridgehead atoms. The van der Waals surface area contributed by atoms with Crippen LogP contribution >= 0.6 is 0 Å². The van der Waals surface area contributed by atoms with Gasteiger partial charge in [0.15, 0.2) is 6.07 Å². The summed E-state index contributed by atoms with van der Waals surface area (Å²) in [5, 5.41) is 7.23. The molecule has 2 nitrogen and oxygen atoms in total. The van der Waals surface area contributed by atoms with Gasteiger partial charge in [0, 0.05) is 0 Å². The highest BCUT2D eigenvalue weighted by molar-refractivity contribution is 4.80. The van der Waals surface area contributed by atoms with Crippen LogP contribution in [0.15, 0.2) is 0 Å². The summed E-state index contributed by atoms with van der Waals surface area (Å²) in [7, 11) is 0. The predicted molar refractivity (Wildman–Crippen MR) is 12.8 cm³/mol. The highest BCUT2D eigenvalue weighted by Crippen LogP contribution is 2.12. The Morgan fingerprint density at radius 3 is 2.00 bits per heavy atom. The van der Waals surface area contributed by atoms with E-state index in [0.717, 1.165) is 0 Å². The van der Waals surface area contributed by atoms with Crippen molar-refractivity contribution in [2.75, 3.05) is 0 Å². The van der Waals surface area contributed by atoms with E-state index in [0.29, 0.717) is 0 Å². The zero-order chi connectivity index (χ0) is 5.91. The molecule has 0 N–H and O–H groups in total. The SMILES string of the molecule is N#CC(F)(F)OF. The summed E-state index contributed by atoms with van der Waals surface area (Å²) in [4.78, 5) is 1.89. The van der Waals surface area contributed by atoms with Crippen molar-refractivity contribution in [3.63, 3.8) is 0 Å². The quantitative estimate of drug-likeness (QED) is 0.505. The molecule has 0 aromatic heterocycles. The number of hydrogen-bond acceptors (Lipinski definition) is 2. The van der Waals surface area contributed by atoms with Crippen LogP contribution in [0.25, 0.3) is 0 Å². The first-order chi connectivity index (χ1) is 3.12. The van der Waals surface area contributed by atoms with Gasteiger partial charge in [-0.1, -0.05) is 0 Å². The van der Waals surface area contributed by atoms with Crippen molar-refractivity contribution in [3.8, 4) is 6.07 Å². The van der Waals surface area contributed by atoms with E-state index in [1.807, 2.05) is 4.94 Å². The first kappa shape index (κ1) is 6.24. The topological polar surface area (TPSA) is 33.0 Å². The lowest BCUT2D eigenvalue weighted by atomic mass is 10.7. The van der Waals surface area contributed by atoms with Crippen LogP contribution in [-0.2, 0) is 4.94 Å². The lowest BCUT2D eigenvalue weighted by molar-refractivity contribution is -0.322. The van der Waals surface area contributed by atoms with Crippen LogP contribution in [0.4, 0.5) is 13.3 Å². The average molecular weight is 111 g/mol. The normalized spacial score (nSPS) is 10.6. The third kappa shape index (κ3) is 2.00. The van der Waals surface area contributed by atoms with Crippen LogP contribution in [0, 0.1) is 11.3 Å². The smallest absolute Gasteiger partial charge is 0.189 e. The maximum atomic E-state index is 10.9. The molecule has 40 valence electrons. The van der Waals surface area contributed by atoms with Gasteiger partial charge in [0.05, 0.1) is 0 Å². The van der Waals surface area contributed by atoms with Gasteiger partial charge in [-0.15, -0.1) is 4.94 Å². The zero-order valence-corrected chi connectivity index (χ0v) is 2.99. The van der Waals surface area contributed by atoms with Gasteiger partial charge in [-0.05, 0) is 4.53 Å². The fraction of sp³-hybridized carbons (Fsp3) is 0.500. The number of hydrogen-bond donors (Lipinski definition) is 0. The summed E-state index contributed by atoms with van der Waals surface area (Å²) >= 11 is 0. The first-order valence-corrected chi connectivity index (χ1v) is 1.21. The molecular formula is C2F3NO.